The second-order valence-corrected chi connectivity index (χ2v) is 12.1. The van der Waals surface area contributed by atoms with Gasteiger partial charge in [0.05, 0.1) is 22.6 Å². The monoisotopic (exact) mass is 553 g/mol. The first-order valence-electron chi connectivity index (χ1n) is 13.5. The minimum atomic E-state index is -4.56. The lowest BCUT2D eigenvalue weighted by Crippen LogP contribution is -2.31. The number of fused-ring (bicyclic) bond motifs is 3. The van der Waals surface area contributed by atoms with Crippen molar-refractivity contribution >= 4 is 28.1 Å². The van der Waals surface area contributed by atoms with Crippen LogP contribution < -0.4 is 4.90 Å². The molecular weight excluding hydrogens is 523 g/mol. The second kappa shape index (κ2) is 9.06. The molecule has 1 N–H and O–H groups in total. The molecule has 0 spiro atoms. The Morgan fingerprint density at radius 1 is 0.805 bits per heavy atom. The van der Waals surface area contributed by atoms with E-state index >= 15 is 0 Å². The Morgan fingerprint density at radius 3 is 2.27 bits per heavy atom. The zero-order valence-corrected chi connectivity index (χ0v) is 23.5. The summed E-state index contributed by atoms with van der Waals surface area (Å²) in [6.45, 7) is 10.9. The van der Waals surface area contributed by atoms with Gasteiger partial charge in [-0.25, -0.2) is 9.97 Å². The second-order valence-electron chi connectivity index (χ2n) is 12.1. The van der Waals surface area contributed by atoms with E-state index in [-0.39, 0.29) is 27.5 Å². The van der Waals surface area contributed by atoms with Crippen LogP contribution in [0.15, 0.2) is 85.1 Å². The van der Waals surface area contributed by atoms with Crippen molar-refractivity contribution in [2.45, 2.75) is 51.6 Å². The zero-order chi connectivity index (χ0) is 29.3. The lowest BCUT2D eigenvalue weighted by molar-refractivity contribution is -0.136. The van der Waals surface area contributed by atoms with Gasteiger partial charge in [0, 0.05) is 22.6 Å². The minimum absolute atomic E-state index is 0.0801. The third kappa shape index (κ3) is 4.40. The Labute approximate surface area is 237 Å². The molecule has 7 heteroatoms. The molecule has 1 aliphatic heterocycles. The van der Waals surface area contributed by atoms with Gasteiger partial charge in [-0.2, -0.15) is 13.2 Å². The molecule has 2 aromatic heterocycles. The van der Waals surface area contributed by atoms with Gasteiger partial charge in [-0.05, 0) is 70.6 Å². The Bertz CT molecular complexity index is 1820. The van der Waals surface area contributed by atoms with Crippen molar-refractivity contribution in [1.82, 2.24) is 9.97 Å². The van der Waals surface area contributed by atoms with Gasteiger partial charge in [-0.15, -0.1) is 0 Å². The normalized spacial score (nSPS) is 14.6. The van der Waals surface area contributed by atoms with Crippen LogP contribution in [0.2, 0.25) is 0 Å². The maximum atomic E-state index is 13.6. The molecule has 4 nitrogen and oxygen atoms in total. The van der Waals surface area contributed by atoms with Gasteiger partial charge in [0.1, 0.15) is 17.1 Å². The van der Waals surface area contributed by atoms with E-state index in [0.717, 1.165) is 51.6 Å². The Balaban J connectivity index is 1.57. The van der Waals surface area contributed by atoms with E-state index in [2.05, 4.69) is 68.8 Å². The van der Waals surface area contributed by atoms with Crippen LogP contribution in [0.25, 0.3) is 22.2 Å². The van der Waals surface area contributed by atoms with Crippen LogP contribution in [-0.4, -0.2) is 15.1 Å². The van der Waals surface area contributed by atoms with Gasteiger partial charge < -0.3 is 5.11 Å². The average Bonchev–Trinajstić information content (AvgIpc) is 2.92. The minimum Gasteiger partial charge on any atom is -0.506 e. The molecule has 1 aliphatic rings. The molecule has 0 unspecified atom stereocenters. The molecule has 5 aromatic rings. The summed E-state index contributed by atoms with van der Waals surface area (Å²) in [6, 6.07) is 23.3. The van der Waals surface area contributed by atoms with Crippen LogP contribution in [0.3, 0.4) is 0 Å². The van der Waals surface area contributed by atoms with Gasteiger partial charge in [-0.3, -0.25) is 4.90 Å². The van der Waals surface area contributed by atoms with Crippen molar-refractivity contribution in [3.8, 4) is 17.0 Å². The maximum absolute atomic E-state index is 13.6. The number of alkyl halides is 3. The number of phenolic OH excluding ortho intramolecular Hbond substituents is 1. The number of anilines is 3. The van der Waals surface area contributed by atoms with Gasteiger partial charge in [0.2, 0.25) is 0 Å². The van der Waals surface area contributed by atoms with Crippen LogP contribution in [0, 0.1) is 0 Å². The molecule has 0 saturated heterocycles. The van der Waals surface area contributed by atoms with Crippen molar-refractivity contribution < 1.29 is 18.3 Å². The Hall–Kier alpha value is -4.39. The number of hydrogen-bond donors (Lipinski definition) is 1. The predicted octanol–water partition coefficient (Wildman–Crippen LogP) is 9.43. The first-order valence-corrected chi connectivity index (χ1v) is 13.5. The molecule has 41 heavy (non-hydrogen) atoms. The first-order chi connectivity index (χ1) is 19.3. The summed E-state index contributed by atoms with van der Waals surface area (Å²) in [5.41, 5.74) is 5.19. The average molecular weight is 554 g/mol. The highest BCUT2D eigenvalue weighted by Crippen LogP contribution is 2.52. The van der Waals surface area contributed by atoms with Crippen LogP contribution in [-0.2, 0) is 17.0 Å². The van der Waals surface area contributed by atoms with E-state index in [4.69, 9.17) is 4.98 Å². The third-order valence-corrected chi connectivity index (χ3v) is 8.01. The number of nitrogens with zero attached hydrogens (tertiary/aromatic N) is 3. The summed E-state index contributed by atoms with van der Waals surface area (Å²) < 4.78 is 40.9. The number of rotatable bonds is 2. The number of phenols is 1. The fourth-order valence-electron chi connectivity index (χ4n) is 5.74. The van der Waals surface area contributed by atoms with E-state index in [1.54, 1.807) is 6.07 Å². The SMILES string of the molecule is CC(C)(C)c1ccnc(N2c3ccccc3C(C)(C)c3ccc(-c4ccc5c(C(F)(F)F)ccc(O)c5n4)cc32)c1. The molecule has 0 bridgehead atoms. The summed E-state index contributed by atoms with van der Waals surface area (Å²) in [6.07, 6.45) is -2.73. The molecule has 0 atom stereocenters. The highest BCUT2D eigenvalue weighted by molar-refractivity contribution is 5.91. The summed E-state index contributed by atoms with van der Waals surface area (Å²) >= 11 is 0. The molecule has 0 saturated carbocycles. The Kier molecular flexibility index (Phi) is 5.93. The quantitative estimate of drug-likeness (QED) is 0.237. The molecule has 0 amide bonds. The number of halogens is 3. The highest BCUT2D eigenvalue weighted by Gasteiger charge is 2.38. The number of benzene rings is 3. The van der Waals surface area contributed by atoms with Crippen LogP contribution >= 0.6 is 0 Å². The van der Waals surface area contributed by atoms with Crippen LogP contribution in [0.1, 0.15) is 56.9 Å². The van der Waals surface area contributed by atoms with Gasteiger partial charge in [0.15, 0.2) is 0 Å². The van der Waals surface area contributed by atoms with E-state index in [0.29, 0.717) is 5.69 Å². The molecule has 0 aliphatic carbocycles. The van der Waals surface area contributed by atoms with E-state index in [1.165, 1.54) is 6.07 Å². The first kappa shape index (κ1) is 26.8. The zero-order valence-electron chi connectivity index (χ0n) is 23.5. The molecule has 3 aromatic carbocycles. The molecule has 0 fully saturated rings. The Morgan fingerprint density at radius 2 is 1.54 bits per heavy atom. The number of para-hydroxylation sites is 1. The van der Waals surface area contributed by atoms with Crippen molar-refractivity contribution in [3.05, 3.63) is 107 Å². The summed E-state index contributed by atoms with van der Waals surface area (Å²) in [5, 5.41) is 10.3. The predicted molar refractivity (Wildman–Crippen MR) is 157 cm³/mol. The summed E-state index contributed by atoms with van der Waals surface area (Å²) in [7, 11) is 0. The lowest BCUT2D eigenvalue weighted by atomic mass is 9.73. The van der Waals surface area contributed by atoms with Crippen LogP contribution in [0.4, 0.5) is 30.4 Å². The van der Waals surface area contributed by atoms with Crippen molar-refractivity contribution in [1.29, 1.82) is 0 Å². The summed E-state index contributed by atoms with van der Waals surface area (Å²) in [4.78, 5) is 11.4. The van der Waals surface area contributed by atoms with E-state index in [9.17, 15) is 18.3 Å². The van der Waals surface area contributed by atoms with E-state index < -0.39 is 11.7 Å². The number of aromatic hydroxyl groups is 1. The van der Waals surface area contributed by atoms with Crippen molar-refractivity contribution in [2.24, 2.45) is 0 Å². The number of aromatic nitrogens is 2. The fraction of sp³-hybridized carbons (Fsp3) is 0.235. The number of hydrogen-bond acceptors (Lipinski definition) is 4. The summed E-state index contributed by atoms with van der Waals surface area (Å²) in [5.74, 6) is 0.477. The third-order valence-electron chi connectivity index (χ3n) is 8.01. The molecule has 0 radical (unpaired) electrons. The van der Waals surface area contributed by atoms with E-state index in [1.807, 2.05) is 36.5 Å². The van der Waals surface area contributed by atoms with Gasteiger partial charge in [0.25, 0.3) is 0 Å². The van der Waals surface area contributed by atoms with Gasteiger partial charge >= 0.3 is 6.18 Å². The topological polar surface area (TPSA) is 49.2 Å². The van der Waals surface area contributed by atoms with Gasteiger partial charge in [-0.1, -0.05) is 65.0 Å². The molecule has 3 heterocycles. The molecular formula is C34H30F3N3O. The van der Waals surface area contributed by atoms with Crippen molar-refractivity contribution in [3.63, 3.8) is 0 Å². The smallest absolute Gasteiger partial charge is 0.417 e. The maximum Gasteiger partial charge on any atom is 0.417 e. The lowest BCUT2D eigenvalue weighted by Gasteiger charge is -2.42. The molecule has 6 rings (SSSR count). The molecule has 208 valence electrons. The number of pyridine rings is 2. The van der Waals surface area contributed by atoms with Crippen LogP contribution in [0.5, 0.6) is 5.75 Å². The fourth-order valence-corrected chi connectivity index (χ4v) is 5.74. The standard InChI is InChI=1S/C34H30F3N3O/c1-32(2,3)21-16-17-38-30(19-21)40-27-9-7-6-8-24(27)33(4,5)25-12-10-20(18-28(25)40)26-14-11-22-23(34(35,36)37)13-15-29(41)31(22)39-26/h6-19,41H,1-5H3. The van der Waals surface area contributed by atoms with Crippen molar-refractivity contribution in [2.75, 3.05) is 4.90 Å². The highest BCUT2D eigenvalue weighted by atomic mass is 19.4. The largest absolute Gasteiger partial charge is 0.506 e.